The molecule has 17 heavy (non-hydrogen) atoms. The Kier molecular flexibility index (Phi) is 3.75. The lowest BCUT2D eigenvalue weighted by Gasteiger charge is -2.33. The molecule has 0 bridgehead atoms. The van der Waals surface area contributed by atoms with Crippen LogP contribution in [0.2, 0.25) is 0 Å². The van der Waals surface area contributed by atoms with Gasteiger partial charge in [-0.15, -0.1) is 0 Å². The van der Waals surface area contributed by atoms with Gasteiger partial charge in [0.15, 0.2) is 0 Å². The number of rotatable bonds is 3. The lowest BCUT2D eigenvalue weighted by molar-refractivity contribution is 0.0529. The molecular formula is C11H19N5O. The van der Waals surface area contributed by atoms with E-state index >= 15 is 0 Å². The third-order valence-electron chi connectivity index (χ3n) is 2.95. The standard InChI is InChI=1S/C11H19N5O/c1-3-9-10(15-12)13-7-14-11(9)16-4-5-17-8(2)6-16/h7-8H,3-6,12H2,1-2H3,(H,13,14,15). The number of aromatic nitrogens is 2. The fourth-order valence-corrected chi connectivity index (χ4v) is 2.14. The summed E-state index contributed by atoms with van der Waals surface area (Å²) in [6, 6.07) is 0. The number of nitrogens with zero attached hydrogens (tertiary/aromatic N) is 3. The van der Waals surface area contributed by atoms with Crippen molar-refractivity contribution in [2.24, 2.45) is 5.84 Å². The highest BCUT2D eigenvalue weighted by Crippen LogP contribution is 2.24. The van der Waals surface area contributed by atoms with E-state index < -0.39 is 0 Å². The Labute approximate surface area is 101 Å². The lowest BCUT2D eigenvalue weighted by Crippen LogP contribution is -2.42. The summed E-state index contributed by atoms with van der Waals surface area (Å²) in [6.45, 7) is 6.60. The summed E-state index contributed by atoms with van der Waals surface area (Å²) in [5.41, 5.74) is 3.69. The monoisotopic (exact) mass is 237 g/mol. The second-order valence-corrected chi connectivity index (χ2v) is 4.15. The van der Waals surface area contributed by atoms with E-state index in [0.29, 0.717) is 5.82 Å². The Morgan fingerprint density at radius 3 is 3.06 bits per heavy atom. The number of hydrazine groups is 1. The molecule has 1 aromatic heterocycles. The number of morpholine rings is 1. The van der Waals surface area contributed by atoms with Gasteiger partial charge in [0.2, 0.25) is 0 Å². The first-order valence-electron chi connectivity index (χ1n) is 5.93. The first kappa shape index (κ1) is 12.1. The zero-order valence-corrected chi connectivity index (χ0v) is 10.3. The molecular weight excluding hydrogens is 218 g/mol. The molecule has 1 fully saturated rings. The summed E-state index contributed by atoms with van der Waals surface area (Å²) in [5.74, 6) is 7.14. The molecule has 3 N–H and O–H groups in total. The van der Waals surface area contributed by atoms with Crippen LogP contribution in [-0.2, 0) is 11.2 Å². The molecule has 94 valence electrons. The van der Waals surface area contributed by atoms with Crippen molar-refractivity contribution in [1.29, 1.82) is 0 Å². The highest BCUT2D eigenvalue weighted by molar-refractivity contribution is 5.58. The van der Waals surface area contributed by atoms with Crippen LogP contribution in [0.4, 0.5) is 11.6 Å². The fourth-order valence-electron chi connectivity index (χ4n) is 2.14. The van der Waals surface area contributed by atoms with Gasteiger partial charge in [-0.1, -0.05) is 6.92 Å². The first-order chi connectivity index (χ1) is 8.26. The van der Waals surface area contributed by atoms with E-state index in [1.807, 2.05) is 0 Å². The summed E-state index contributed by atoms with van der Waals surface area (Å²) >= 11 is 0. The van der Waals surface area contributed by atoms with Crippen LogP contribution in [0, 0.1) is 0 Å². The molecule has 1 aromatic rings. The van der Waals surface area contributed by atoms with Crippen LogP contribution >= 0.6 is 0 Å². The minimum absolute atomic E-state index is 0.234. The predicted molar refractivity (Wildman–Crippen MR) is 66.8 cm³/mol. The minimum Gasteiger partial charge on any atom is -0.375 e. The average molecular weight is 237 g/mol. The Balaban J connectivity index is 2.30. The molecule has 0 saturated carbocycles. The molecule has 6 heteroatoms. The van der Waals surface area contributed by atoms with E-state index in [0.717, 1.165) is 37.5 Å². The number of ether oxygens (including phenoxy) is 1. The molecule has 1 aliphatic rings. The highest BCUT2D eigenvalue weighted by atomic mass is 16.5. The molecule has 1 aliphatic heterocycles. The van der Waals surface area contributed by atoms with Crippen molar-refractivity contribution in [2.75, 3.05) is 30.0 Å². The smallest absolute Gasteiger partial charge is 0.148 e. The minimum atomic E-state index is 0.234. The highest BCUT2D eigenvalue weighted by Gasteiger charge is 2.21. The summed E-state index contributed by atoms with van der Waals surface area (Å²) < 4.78 is 5.53. The van der Waals surface area contributed by atoms with Gasteiger partial charge < -0.3 is 15.1 Å². The van der Waals surface area contributed by atoms with Crippen molar-refractivity contribution in [2.45, 2.75) is 26.4 Å². The van der Waals surface area contributed by atoms with E-state index in [4.69, 9.17) is 10.6 Å². The zero-order chi connectivity index (χ0) is 12.3. The van der Waals surface area contributed by atoms with E-state index in [2.05, 4.69) is 34.1 Å². The largest absolute Gasteiger partial charge is 0.375 e. The van der Waals surface area contributed by atoms with Gasteiger partial charge in [0.25, 0.3) is 0 Å². The van der Waals surface area contributed by atoms with Gasteiger partial charge in [-0.25, -0.2) is 15.8 Å². The molecule has 2 rings (SSSR count). The van der Waals surface area contributed by atoms with Gasteiger partial charge in [0.1, 0.15) is 18.0 Å². The summed E-state index contributed by atoms with van der Waals surface area (Å²) in [6.07, 6.45) is 2.63. The lowest BCUT2D eigenvalue weighted by atomic mass is 10.2. The molecule has 6 nitrogen and oxygen atoms in total. The van der Waals surface area contributed by atoms with Crippen molar-refractivity contribution in [1.82, 2.24) is 9.97 Å². The number of anilines is 2. The van der Waals surface area contributed by atoms with Crippen LogP contribution in [0.15, 0.2) is 6.33 Å². The third-order valence-corrected chi connectivity index (χ3v) is 2.95. The van der Waals surface area contributed by atoms with E-state index in [9.17, 15) is 0 Å². The fraction of sp³-hybridized carbons (Fsp3) is 0.636. The van der Waals surface area contributed by atoms with Gasteiger partial charge in [-0.05, 0) is 13.3 Å². The first-order valence-corrected chi connectivity index (χ1v) is 5.93. The number of nitrogens with two attached hydrogens (primary N) is 1. The van der Waals surface area contributed by atoms with Gasteiger partial charge in [-0.3, -0.25) is 0 Å². The van der Waals surface area contributed by atoms with Crippen LogP contribution in [0.3, 0.4) is 0 Å². The maximum absolute atomic E-state index is 5.53. The van der Waals surface area contributed by atoms with Crippen LogP contribution in [0.25, 0.3) is 0 Å². The van der Waals surface area contributed by atoms with Crippen molar-refractivity contribution < 1.29 is 4.74 Å². The van der Waals surface area contributed by atoms with E-state index in [1.54, 1.807) is 6.33 Å². The quantitative estimate of drug-likeness (QED) is 0.590. The number of nitrogens with one attached hydrogen (secondary N) is 1. The molecule has 0 amide bonds. The van der Waals surface area contributed by atoms with E-state index in [-0.39, 0.29) is 6.10 Å². The SMILES string of the molecule is CCc1c(NN)ncnc1N1CCOC(C)C1. The predicted octanol–water partition coefficient (Wildman–Crippen LogP) is 0.550. The molecule has 1 saturated heterocycles. The maximum atomic E-state index is 5.53. The summed E-state index contributed by atoms with van der Waals surface area (Å²) in [4.78, 5) is 10.7. The number of nitrogen functional groups attached to an aromatic ring is 1. The Morgan fingerprint density at radius 2 is 2.41 bits per heavy atom. The molecule has 0 spiro atoms. The van der Waals surface area contributed by atoms with Crippen molar-refractivity contribution in [3.05, 3.63) is 11.9 Å². The van der Waals surface area contributed by atoms with Crippen LogP contribution in [0.1, 0.15) is 19.4 Å². The van der Waals surface area contributed by atoms with Crippen LogP contribution in [0.5, 0.6) is 0 Å². The number of hydrogen-bond donors (Lipinski definition) is 2. The molecule has 1 atom stereocenters. The maximum Gasteiger partial charge on any atom is 0.148 e. The Bertz CT molecular complexity index is 384. The summed E-state index contributed by atoms with van der Waals surface area (Å²) in [5, 5.41) is 0. The van der Waals surface area contributed by atoms with Gasteiger partial charge in [-0.2, -0.15) is 0 Å². The van der Waals surface area contributed by atoms with E-state index in [1.165, 1.54) is 0 Å². The summed E-state index contributed by atoms with van der Waals surface area (Å²) in [7, 11) is 0. The number of hydrogen-bond acceptors (Lipinski definition) is 6. The van der Waals surface area contributed by atoms with Gasteiger partial charge in [0, 0.05) is 18.7 Å². The van der Waals surface area contributed by atoms with Crippen molar-refractivity contribution in [3.8, 4) is 0 Å². The second-order valence-electron chi connectivity index (χ2n) is 4.15. The Morgan fingerprint density at radius 1 is 1.59 bits per heavy atom. The molecule has 1 unspecified atom stereocenters. The van der Waals surface area contributed by atoms with Crippen LogP contribution < -0.4 is 16.2 Å². The Hall–Kier alpha value is -1.40. The van der Waals surface area contributed by atoms with Gasteiger partial charge in [0.05, 0.1) is 12.7 Å². The molecule has 0 aliphatic carbocycles. The molecule has 0 aromatic carbocycles. The van der Waals surface area contributed by atoms with Gasteiger partial charge >= 0.3 is 0 Å². The second kappa shape index (κ2) is 5.29. The van der Waals surface area contributed by atoms with Crippen molar-refractivity contribution in [3.63, 3.8) is 0 Å². The normalized spacial score (nSPS) is 20.4. The zero-order valence-electron chi connectivity index (χ0n) is 10.3. The molecule has 0 radical (unpaired) electrons. The topological polar surface area (TPSA) is 76.3 Å². The van der Waals surface area contributed by atoms with Crippen LogP contribution in [-0.4, -0.2) is 35.8 Å². The third kappa shape index (κ3) is 2.48. The van der Waals surface area contributed by atoms with Crippen molar-refractivity contribution >= 4 is 11.6 Å². The average Bonchev–Trinajstić information content (AvgIpc) is 2.37. The molecule has 2 heterocycles.